The number of rotatable bonds is 20. The van der Waals surface area contributed by atoms with Gasteiger partial charge in [-0.15, -0.1) is 0 Å². The highest BCUT2D eigenvalue weighted by molar-refractivity contribution is 6.85. The van der Waals surface area contributed by atoms with Gasteiger partial charge in [-0.2, -0.15) is 0 Å². The molecule has 176 valence electrons. The summed E-state index contributed by atoms with van der Waals surface area (Å²) >= 11 is 0. The first-order chi connectivity index (χ1) is 13.7. The first-order valence-corrected chi connectivity index (χ1v) is 19.0. The quantitative estimate of drug-likeness (QED) is 0.158. The van der Waals surface area contributed by atoms with Gasteiger partial charge in [0.25, 0.3) is 0 Å². The fourth-order valence-corrected chi connectivity index (χ4v) is 16.8. The maximum Gasteiger partial charge on any atom is 0.326 e. The van der Waals surface area contributed by atoms with Crippen molar-refractivity contribution in [2.45, 2.75) is 65.0 Å². The van der Waals surface area contributed by atoms with Gasteiger partial charge in [0.15, 0.2) is 0 Å². The van der Waals surface area contributed by atoms with Crippen molar-refractivity contribution in [2.75, 3.05) is 52.5 Å². The predicted octanol–water partition coefficient (Wildman–Crippen LogP) is 1.82. The van der Waals surface area contributed by atoms with Crippen molar-refractivity contribution in [3.63, 3.8) is 0 Å². The van der Waals surface area contributed by atoms with Crippen LogP contribution in [-0.2, 0) is 17.1 Å². The monoisotopic (exact) mass is 468 g/mol. The van der Waals surface area contributed by atoms with Crippen LogP contribution < -0.4 is 22.1 Å². The van der Waals surface area contributed by atoms with Crippen LogP contribution in [0.15, 0.2) is 0 Å². The van der Waals surface area contributed by atoms with Gasteiger partial charge in [0.05, 0.1) is 0 Å². The highest BCUT2D eigenvalue weighted by atomic mass is 28.5. The Bertz CT molecular complexity index is 379. The van der Waals surface area contributed by atoms with E-state index < -0.39 is 25.7 Å². The van der Waals surface area contributed by atoms with Crippen LogP contribution in [0.25, 0.3) is 0 Å². The van der Waals surface area contributed by atoms with Gasteiger partial charge >= 0.3 is 25.7 Å². The predicted molar refractivity (Wildman–Crippen MR) is 129 cm³/mol. The van der Waals surface area contributed by atoms with Gasteiger partial charge in [-0.25, -0.2) is 0 Å². The van der Waals surface area contributed by atoms with Crippen molar-refractivity contribution in [1.29, 1.82) is 0 Å². The van der Waals surface area contributed by atoms with Crippen LogP contribution in [-0.4, -0.2) is 78.2 Å². The third-order valence-corrected chi connectivity index (χ3v) is 16.1. The van der Waals surface area contributed by atoms with Crippen molar-refractivity contribution in [2.24, 2.45) is 11.5 Å². The molecule has 2 atom stereocenters. The summed E-state index contributed by atoms with van der Waals surface area (Å²) < 4.78 is 25.6. The molecule has 0 aromatic heterocycles. The van der Waals surface area contributed by atoms with E-state index in [1.54, 1.807) is 0 Å². The summed E-state index contributed by atoms with van der Waals surface area (Å²) in [6.07, 6.45) is 2.03. The minimum Gasteiger partial charge on any atom is -0.415 e. The summed E-state index contributed by atoms with van der Waals surface area (Å²) in [6, 6.07) is 1.88. The molecule has 0 aliphatic carbocycles. The number of nitrogens with one attached hydrogen (secondary N) is 2. The molecule has 0 saturated carbocycles. The molecule has 0 aromatic carbocycles. The average Bonchev–Trinajstić information content (AvgIpc) is 2.60. The van der Waals surface area contributed by atoms with E-state index in [1.807, 2.05) is 13.8 Å². The van der Waals surface area contributed by atoms with Crippen LogP contribution in [0.4, 0.5) is 0 Å². The van der Waals surface area contributed by atoms with E-state index in [1.165, 1.54) is 0 Å². The van der Waals surface area contributed by atoms with E-state index in [4.69, 9.17) is 28.5 Å². The molecule has 0 aliphatic rings. The van der Waals surface area contributed by atoms with Gasteiger partial charge in [0, 0.05) is 39.4 Å². The Morgan fingerprint density at radius 2 is 1.03 bits per heavy atom. The third-order valence-electron chi connectivity index (χ3n) is 4.43. The lowest BCUT2D eigenvalue weighted by Crippen LogP contribution is -2.56. The second-order valence-corrected chi connectivity index (χ2v) is 18.6. The summed E-state index contributed by atoms with van der Waals surface area (Å²) in [5.41, 5.74) is 11.1. The minimum absolute atomic E-state index is 0.660. The maximum absolute atomic E-state index is 6.66. The third kappa shape index (κ3) is 14.9. The average molecular weight is 469 g/mol. The molecule has 6 N–H and O–H groups in total. The molecule has 0 bridgehead atoms. The number of nitrogens with two attached hydrogens (primary N) is 2. The Labute approximate surface area is 182 Å². The van der Waals surface area contributed by atoms with E-state index in [2.05, 4.69) is 36.8 Å². The zero-order chi connectivity index (χ0) is 22.2. The van der Waals surface area contributed by atoms with Crippen molar-refractivity contribution in [3.05, 3.63) is 0 Å². The molecule has 0 radical (unpaired) electrons. The molecule has 8 nitrogen and oxygen atoms in total. The molecule has 0 heterocycles. The van der Waals surface area contributed by atoms with Crippen LogP contribution >= 0.6 is 0 Å². The lowest BCUT2D eigenvalue weighted by Gasteiger charge is -2.40. The first-order valence-electron chi connectivity index (χ1n) is 11.2. The topological polar surface area (TPSA) is 113 Å². The minimum atomic E-state index is -2.41. The molecular weight excluding hydrogens is 420 g/mol. The molecule has 0 aromatic rings. The van der Waals surface area contributed by atoms with Gasteiger partial charge in [-0.3, -0.25) is 0 Å². The SMILES string of the molecule is CCO[Si](C)(CCCNCCN)O[Si](C)(C)O[Si](C)(CCCNCCN)OCC. The van der Waals surface area contributed by atoms with Crippen LogP contribution in [0.3, 0.4) is 0 Å². The van der Waals surface area contributed by atoms with Crippen molar-refractivity contribution in [1.82, 2.24) is 10.6 Å². The normalized spacial score (nSPS) is 16.6. The Hall–Kier alpha value is 0.331. The fourth-order valence-electron chi connectivity index (χ4n) is 3.50. The van der Waals surface area contributed by atoms with Gasteiger partial charge in [0.1, 0.15) is 0 Å². The second kappa shape index (κ2) is 16.0. The second-order valence-electron chi connectivity index (χ2n) is 8.02. The summed E-state index contributed by atoms with van der Waals surface area (Å²) in [5, 5.41) is 6.69. The molecular formula is C18H48N4O4Si3. The fraction of sp³-hybridized carbons (Fsp3) is 1.00. The molecule has 0 fully saturated rings. The number of hydrogen-bond donors (Lipinski definition) is 4. The van der Waals surface area contributed by atoms with E-state index >= 15 is 0 Å². The zero-order valence-corrected chi connectivity index (χ0v) is 22.8. The largest absolute Gasteiger partial charge is 0.415 e. The van der Waals surface area contributed by atoms with Crippen LogP contribution in [0.2, 0.25) is 38.3 Å². The lowest BCUT2D eigenvalue weighted by atomic mass is 10.5. The zero-order valence-electron chi connectivity index (χ0n) is 19.8. The first kappa shape index (κ1) is 29.3. The highest BCUT2D eigenvalue weighted by Crippen LogP contribution is 2.27. The summed E-state index contributed by atoms with van der Waals surface area (Å²) in [4.78, 5) is 0. The molecule has 0 amide bonds. The molecule has 2 unspecified atom stereocenters. The van der Waals surface area contributed by atoms with Crippen LogP contribution in [0.1, 0.15) is 26.7 Å². The Kier molecular flexibility index (Phi) is 16.2. The van der Waals surface area contributed by atoms with Gasteiger partial charge in [-0.1, -0.05) is 0 Å². The molecule has 0 aliphatic heterocycles. The van der Waals surface area contributed by atoms with Crippen LogP contribution in [0, 0.1) is 0 Å². The Morgan fingerprint density at radius 3 is 1.34 bits per heavy atom. The van der Waals surface area contributed by atoms with E-state index in [0.717, 1.165) is 51.1 Å². The van der Waals surface area contributed by atoms with Crippen LogP contribution in [0.5, 0.6) is 0 Å². The van der Waals surface area contributed by atoms with E-state index in [0.29, 0.717) is 26.3 Å². The summed E-state index contributed by atoms with van der Waals surface area (Å²) in [7, 11) is -7.03. The van der Waals surface area contributed by atoms with Crippen molar-refractivity contribution >= 4 is 25.7 Å². The number of hydrogen-bond acceptors (Lipinski definition) is 8. The molecule has 29 heavy (non-hydrogen) atoms. The summed E-state index contributed by atoms with van der Waals surface area (Å²) in [5.74, 6) is 0. The smallest absolute Gasteiger partial charge is 0.326 e. The Balaban J connectivity index is 4.83. The lowest BCUT2D eigenvalue weighted by molar-refractivity contribution is 0.206. The standard InChI is InChI=1S/C18H48N4O4Si3/c1-7-23-28(5,17-9-13-21-15-11-19)25-27(3,4)26-29(6,24-8-2)18-10-14-22-16-12-20/h21-22H,7-20H2,1-6H3. The summed E-state index contributed by atoms with van der Waals surface area (Å²) in [6.45, 7) is 18.8. The van der Waals surface area contributed by atoms with E-state index in [9.17, 15) is 0 Å². The van der Waals surface area contributed by atoms with Gasteiger partial charge < -0.3 is 39.2 Å². The van der Waals surface area contributed by atoms with Crippen molar-refractivity contribution < 1.29 is 17.1 Å². The molecule has 0 rings (SSSR count). The highest BCUT2D eigenvalue weighted by Gasteiger charge is 2.45. The van der Waals surface area contributed by atoms with Gasteiger partial charge in [0.2, 0.25) is 0 Å². The maximum atomic E-state index is 6.66. The Morgan fingerprint density at radius 1 is 0.655 bits per heavy atom. The van der Waals surface area contributed by atoms with Crippen molar-refractivity contribution in [3.8, 4) is 0 Å². The van der Waals surface area contributed by atoms with E-state index in [-0.39, 0.29) is 0 Å². The molecule has 0 saturated heterocycles. The molecule has 0 spiro atoms. The van der Waals surface area contributed by atoms with Gasteiger partial charge in [-0.05, 0) is 78.1 Å². The molecule has 11 heteroatoms.